The summed E-state index contributed by atoms with van der Waals surface area (Å²) in [7, 11) is 0. The molecule has 0 bridgehead atoms. The van der Waals surface area contributed by atoms with Crippen LogP contribution in [0.1, 0.15) is 31.2 Å². The highest BCUT2D eigenvalue weighted by Crippen LogP contribution is 2.41. The van der Waals surface area contributed by atoms with Crippen molar-refractivity contribution in [3.05, 3.63) is 34.6 Å². The van der Waals surface area contributed by atoms with Crippen LogP contribution in [0.3, 0.4) is 0 Å². The van der Waals surface area contributed by atoms with Gasteiger partial charge in [-0.05, 0) is 31.2 Å². The first-order valence-electron chi connectivity index (χ1n) is 7.60. The van der Waals surface area contributed by atoms with Crippen LogP contribution in [-0.4, -0.2) is 34.2 Å². The molecule has 7 heteroatoms. The molecule has 124 valence electrons. The quantitative estimate of drug-likeness (QED) is 0.855. The summed E-state index contributed by atoms with van der Waals surface area (Å²) < 4.78 is 18.9. The van der Waals surface area contributed by atoms with Gasteiger partial charge in [0.25, 0.3) is 0 Å². The van der Waals surface area contributed by atoms with E-state index in [9.17, 15) is 19.1 Å². The van der Waals surface area contributed by atoms with E-state index in [-0.39, 0.29) is 29.2 Å². The number of hydrogen-bond acceptors (Lipinski definition) is 3. The van der Waals surface area contributed by atoms with E-state index in [1.165, 1.54) is 17.0 Å². The van der Waals surface area contributed by atoms with Crippen LogP contribution < -0.4 is 0 Å². The molecule has 5 nitrogen and oxygen atoms in total. The molecule has 0 spiro atoms. The molecule has 3 atom stereocenters. The molecule has 3 unspecified atom stereocenters. The molecule has 1 aromatic carbocycles. The molecule has 3 rings (SSSR count). The van der Waals surface area contributed by atoms with Crippen LogP contribution in [-0.2, 0) is 16.1 Å². The number of nitrogens with zero attached hydrogens (tertiary/aromatic N) is 1. The van der Waals surface area contributed by atoms with Crippen molar-refractivity contribution in [2.45, 2.75) is 44.4 Å². The summed E-state index contributed by atoms with van der Waals surface area (Å²) in [6.45, 7) is -0.259. The molecule has 1 aliphatic carbocycles. The first-order valence-corrected chi connectivity index (χ1v) is 7.97. The minimum atomic E-state index is -1.10. The summed E-state index contributed by atoms with van der Waals surface area (Å²) in [6, 6.07) is 3.55. The molecule has 1 N–H and O–H groups in total. The summed E-state index contributed by atoms with van der Waals surface area (Å²) >= 11 is 5.68. The number of likely N-dealkylation sites (tertiary alicyclic amines) is 1. The second-order valence-electron chi connectivity index (χ2n) is 6.02. The Bertz CT molecular complexity index is 639. The van der Waals surface area contributed by atoms with Crippen LogP contribution >= 0.6 is 11.6 Å². The van der Waals surface area contributed by atoms with Gasteiger partial charge in [0.1, 0.15) is 18.5 Å². The lowest BCUT2D eigenvalue weighted by molar-refractivity contribution is -0.150. The molecule has 2 aliphatic rings. The van der Waals surface area contributed by atoms with Crippen LogP contribution in [0, 0.1) is 11.7 Å². The highest BCUT2D eigenvalue weighted by Gasteiger charge is 2.49. The van der Waals surface area contributed by atoms with E-state index in [0.717, 1.165) is 19.3 Å². The zero-order valence-corrected chi connectivity index (χ0v) is 13.1. The Morgan fingerprint density at radius 1 is 1.39 bits per heavy atom. The highest BCUT2D eigenvalue weighted by molar-refractivity contribution is 6.30. The number of fused-ring (bicyclic) bond motifs is 1. The summed E-state index contributed by atoms with van der Waals surface area (Å²) in [5.74, 6) is -1.03. The molecule has 1 aliphatic heterocycles. The van der Waals surface area contributed by atoms with Gasteiger partial charge in [-0.1, -0.05) is 30.2 Å². The maximum Gasteiger partial charge on any atom is 0.408 e. The van der Waals surface area contributed by atoms with Gasteiger partial charge in [-0.3, -0.25) is 4.90 Å². The van der Waals surface area contributed by atoms with Gasteiger partial charge in [0.05, 0.1) is 5.02 Å². The van der Waals surface area contributed by atoms with Gasteiger partial charge in [-0.25, -0.2) is 14.0 Å². The minimum absolute atomic E-state index is 0.0406. The van der Waals surface area contributed by atoms with Gasteiger partial charge in [0.15, 0.2) is 0 Å². The van der Waals surface area contributed by atoms with E-state index in [2.05, 4.69) is 0 Å². The summed E-state index contributed by atoms with van der Waals surface area (Å²) in [4.78, 5) is 25.0. The fourth-order valence-corrected chi connectivity index (χ4v) is 3.87. The van der Waals surface area contributed by atoms with Gasteiger partial charge >= 0.3 is 12.1 Å². The molecule has 1 heterocycles. The number of halogens is 2. The first-order chi connectivity index (χ1) is 11.0. The standard InChI is InChI=1S/C16H17ClFNO4/c17-11-5-1-4-10(14(11)18)8-23-15(20)13-7-9-3-2-6-12(9)19(13)16(21)22/h1,4-5,9,12-13H,2-3,6-8H2,(H,21,22). The summed E-state index contributed by atoms with van der Waals surface area (Å²) in [6.07, 6.45) is 2.07. The number of amides is 1. The third-order valence-electron chi connectivity index (χ3n) is 4.73. The molecular weight excluding hydrogens is 325 g/mol. The van der Waals surface area contributed by atoms with Gasteiger partial charge in [-0.15, -0.1) is 0 Å². The Hall–Kier alpha value is -1.82. The second kappa shape index (κ2) is 6.35. The number of carboxylic acid groups (broad SMARTS) is 1. The molecule has 1 saturated carbocycles. The minimum Gasteiger partial charge on any atom is -0.465 e. The fourth-order valence-electron chi connectivity index (χ4n) is 3.68. The topological polar surface area (TPSA) is 66.8 Å². The number of benzene rings is 1. The molecule has 0 aromatic heterocycles. The van der Waals surface area contributed by atoms with Crippen LogP contribution in [0.25, 0.3) is 0 Å². The van der Waals surface area contributed by atoms with E-state index in [1.54, 1.807) is 6.07 Å². The van der Waals surface area contributed by atoms with Crippen molar-refractivity contribution in [1.29, 1.82) is 0 Å². The third kappa shape index (κ3) is 3.00. The molecule has 0 radical (unpaired) electrons. The van der Waals surface area contributed by atoms with Crippen LogP contribution in [0.4, 0.5) is 9.18 Å². The van der Waals surface area contributed by atoms with E-state index in [0.29, 0.717) is 6.42 Å². The lowest BCUT2D eigenvalue weighted by Gasteiger charge is -2.25. The lowest BCUT2D eigenvalue weighted by atomic mass is 10.0. The van der Waals surface area contributed by atoms with Crippen molar-refractivity contribution in [2.24, 2.45) is 5.92 Å². The molecule has 1 amide bonds. The molecule has 1 saturated heterocycles. The SMILES string of the molecule is O=C(OCc1cccc(Cl)c1F)C1CC2CCCC2N1C(=O)O. The Labute approximate surface area is 138 Å². The average Bonchev–Trinajstić information content (AvgIpc) is 3.08. The van der Waals surface area contributed by atoms with Crippen LogP contribution in [0.2, 0.25) is 5.02 Å². The largest absolute Gasteiger partial charge is 0.465 e. The number of carbonyl (C=O) groups excluding carboxylic acids is 1. The van der Waals surface area contributed by atoms with E-state index < -0.39 is 23.9 Å². The molecular formula is C16H17ClFNO4. The Balaban J connectivity index is 1.68. The predicted molar refractivity (Wildman–Crippen MR) is 80.6 cm³/mol. The number of hydrogen-bond donors (Lipinski definition) is 1. The van der Waals surface area contributed by atoms with Crippen LogP contribution in [0.5, 0.6) is 0 Å². The van der Waals surface area contributed by atoms with Gasteiger partial charge in [0, 0.05) is 11.6 Å². The normalized spacial score (nSPS) is 26.2. The Kier molecular flexibility index (Phi) is 4.43. The van der Waals surface area contributed by atoms with Gasteiger partial charge in [-0.2, -0.15) is 0 Å². The average molecular weight is 342 g/mol. The lowest BCUT2D eigenvalue weighted by Crippen LogP contribution is -2.44. The van der Waals surface area contributed by atoms with Crippen molar-refractivity contribution in [1.82, 2.24) is 4.90 Å². The number of rotatable bonds is 3. The Morgan fingerprint density at radius 3 is 2.91 bits per heavy atom. The fraction of sp³-hybridized carbons (Fsp3) is 0.500. The van der Waals surface area contributed by atoms with Crippen molar-refractivity contribution < 1.29 is 23.8 Å². The van der Waals surface area contributed by atoms with Crippen molar-refractivity contribution >= 4 is 23.7 Å². The van der Waals surface area contributed by atoms with E-state index in [4.69, 9.17) is 16.3 Å². The smallest absolute Gasteiger partial charge is 0.408 e. The van der Waals surface area contributed by atoms with Gasteiger partial charge in [0.2, 0.25) is 0 Å². The monoisotopic (exact) mass is 341 g/mol. The van der Waals surface area contributed by atoms with E-state index in [1.807, 2.05) is 0 Å². The second-order valence-corrected chi connectivity index (χ2v) is 6.43. The summed E-state index contributed by atoms with van der Waals surface area (Å²) in [5.41, 5.74) is 0.172. The number of carbonyl (C=O) groups is 2. The summed E-state index contributed by atoms with van der Waals surface area (Å²) in [5, 5.41) is 9.35. The highest BCUT2D eigenvalue weighted by atomic mass is 35.5. The molecule has 1 aromatic rings. The molecule has 2 fully saturated rings. The zero-order valence-electron chi connectivity index (χ0n) is 12.4. The maximum absolute atomic E-state index is 13.8. The zero-order chi connectivity index (χ0) is 16.6. The van der Waals surface area contributed by atoms with Crippen molar-refractivity contribution in [3.8, 4) is 0 Å². The van der Waals surface area contributed by atoms with Crippen LogP contribution in [0.15, 0.2) is 18.2 Å². The molecule has 23 heavy (non-hydrogen) atoms. The van der Waals surface area contributed by atoms with Crippen molar-refractivity contribution in [2.75, 3.05) is 0 Å². The maximum atomic E-state index is 13.8. The van der Waals surface area contributed by atoms with E-state index >= 15 is 0 Å². The predicted octanol–water partition coefficient (Wildman–Crippen LogP) is 3.44. The van der Waals surface area contributed by atoms with Crippen molar-refractivity contribution in [3.63, 3.8) is 0 Å². The van der Waals surface area contributed by atoms with Gasteiger partial charge < -0.3 is 9.84 Å². The number of ether oxygens (including phenoxy) is 1. The first kappa shape index (κ1) is 16.1. The Morgan fingerprint density at radius 2 is 2.17 bits per heavy atom. The number of esters is 1. The third-order valence-corrected chi connectivity index (χ3v) is 5.02.